The topological polar surface area (TPSA) is 39.2 Å². The van der Waals surface area contributed by atoms with E-state index in [1.807, 2.05) is 0 Å². The molecule has 15 heavy (non-hydrogen) atoms. The Morgan fingerprint density at radius 1 is 1.67 bits per heavy atom. The molecule has 1 aromatic heterocycles. The van der Waals surface area contributed by atoms with Gasteiger partial charge >= 0.3 is 5.97 Å². The summed E-state index contributed by atoms with van der Waals surface area (Å²) in [6, 6.07) is 0.934. The van der Waals surface area contributed by atoms with Gasteiger partial charge in [-0.15, -0.1) is 0 Å². The highest BCUT2D eigenvalue weighted by atomic mass is 79.9. The quantitative estimate of drug-likeness (QED) is 0.622. The number of nitrogens with zero attached hydrogens (tertiary/aromatic N) is 1. The number of halogens is 4. The van der Waals surface area contributed by atoms with E-state index in [-0.39, 0.29) is 15.2 Å². The van der Waals surface area contributed by atoms with E-state index in [1.54, 1.807) is 0 Å². The lowest BCUT2D eigenvalue weighted by Gasteiger charge is -2.06. The smallest absolute Gasteiger partial charge is 0.342 e. The second kappa shape index (κ2) is 4.85. The number of pyridine rings is 1. The molecular formula is C8H5BrClF2NO2. The average Bonchev–Trinajstić information content (AvgIpc) is 2.16. The SMILES string of the molecule is COC(=O)c1c(Cl)cc(C(F)F)nc1Br. The summed E-state index contributed by atoms with van der Waals surface area (Å²) in [6.07, 6.45) is -2.74. The monoisotopic (exact) mass is 299 g/mol. The zero-order chi connectivity index (χ0) is 11.6. The largest absolute Gasteiger partial charge is 0.465 e. The van der Waals surface area contributed by atoms with Crippen LogP contribution in [0.4, 0.5) is 8.78 Å². The number of methoxy groups -OCH3 is 1. The van der Waals surface area contributed by atoms with Crippen molar-refractivity contribution in [2.75, 3.05) is 7.11 Å². The summed E-state index contributed by atoms with van der Waals surface area (Å²) in [5, 5.41) is -0.126. The van der Waals surface area contributed by atoms with Crippen LogP contribution in [0.15, 0.2) is 10.7 Å². The van der Waals surface area contributed by atoms with Crippen molar-refractivity contribution in [3.63, 3.8) is 0 Å². The number of ether oxygens (including phenoxy) is 1. The molecular weight excluding hydrogens is 295 g/mol. The molecule has 82 valence electrons. The average molecular weight is 300 g/mol. The van der Waals surface area contributed by atoms with Crippen molar-refractivity contribution in [3.05, 3.63) is 26.9 Å². The Morgan fingerprint density at radius 2 is 2.27 bits per heavy atom. The number of alkyl halides is 2. The number of hydrogen-bond acceptors (Lipinski definition) is 3. The van der Waals surface area contributed by atoms with Gasteiger partial charge in [0.25, 0.3) is 6.43 Å². The van der Waals surface area contributed by atoms with Crippen LogP contribution in [0.2, 0.25) is 5.02 Å². The summed E-state index contributed by atoms with van der Waals surface area (Å²) in [5.41, 5.74) is -0.567. The lowest BCUT2D eigenvalue weighted by molar-refractivity contribution is 0.0598. The summed E-state index contributed by atoms with van der Waals surface area (Å²) in [6.45, 7) is 0. The van der Waals surface area contributed by atoms with Gasteiger partial charge in [-0.1, -0.05) is 11.6 Å². The van der Waals surface area contributed by atoms with Crippen LogP contribution in [0.3, 0.4) is 0 Å². The highest BCUT2D eigenvalue weighted by Gasteiger charge is 2.20. The lowest BCUT2D eigenvalue weighted by Crippen LogP contribution is -2.06. The molecule has 0 aliphatic rings. The maximum Gasteiger partial charge on any atom is 0.342 e. The fourth-order valence-electron chi connectivity index (χ4n) is 0.898. The highest BCUT2D eigenvalue weighted by molar-refractivity contribution is 9.10. The molecule has 0 atom stereocenters. The minimum absolute atomic E-state index is 0.0582. The fourth-order valence-corrected chi connectivity index (χ4v) is 1.87. The highest BCUT2D eigenvalue weighted by Crippen LogP contribution is 2.28. The molecule has 0 bridgehead atoms. The number of carbonyl (C=O) groups excluding carboxylic acids is 1. The van der Waals surface area contributed by atoms with E-state index in [4.69, 9.17) is 11.6 Å². The predicted octanol–water partition coefficient (Wildman–Crippen LogP) is 3.22. The molecule has 0 aliphatic heterocycles. The summed E-state index contributed by atoms with van der Waals surface area (Å²) >= 11 is 8.53. The van der Waals surface area contributed by atoms with Crippen LogP contribution in [0.25, 0.3) is 0 Å². The van der Waals surface area contributed by atoms with E-state index in [1.165, 1.54) is 0 Å². The molecule has 1 aromatic rings. The second-order valence-corrected chi connectivity index (χ2v) is 3.65. The van der Waals surface area contributed by atoms with E-state index in [0.717, 1.165) is 13.2 Å². The Bertz CT molecular complexity index is 377. The molecule has 0 saturated carbocycles. The molecule has 0 amide bonds. The zero-order valence-electron chi connectivity index (χ0n) is 7.43. The number of aromatic nitrogens is 1. The summed E-state index contributed by atoms with van der Waals surface area (Å²) in [7, 11) is 1.16. The Kier molecular flexibility index (Phi) is 3.98. The van der Waals surface area contributed by atoms with Crippen molar-refractivity contribution in [1.29, 1.82) is 0 Å². The number of carbonyl (C=O) groups is 1. The lowest BCUT2D eigenvalue weighted by atomic mass is 10.2. The van der Waals surface area contributed by atoms with Gasteiger partial charge in [-0.05, 0) is 22.0 Å². The minimum atomic E-state index is -2.74. The minimum Gasteiger partial charge on any atom is -0.465 e. The van der Waals surface area contributed by atoms with Crippen LogP contribution in [-0.2, 0) is 4.74 Å². The van der Waals surface area contributed by atoms with Crippen LogP contribution in [0.5, 0.6) is 0 Å². The van der Waals surface area contributed by atoms with Crippen molar-refractivity contribution >= 4 is 33.5 Å². The third kappa shape index (κ3) is 2.63. The molecule has 0 fully saturated rings. The Hall–Kier alpha value is -0.750. The van der Waals surface area contributed by atoms with E-state index in [9.17, 15) is 13.6 Å². The van der Waals surface area contributed by atoms with E-state index < -0.39 is 18.1 Å². The van der Waals surface area contributed by atoms with E-state index >= 15 is 0 Å². The molecule has 0 spiro atoms. The van der Waals surface area contributed by atoms with Gasteiger partial charge in [-0.3, -0.25) is 0 Å². The number of esters is 1. The third-order valence-corrected chi connectivity index (χ3v) is 2.43. The second-order valence-electron chi connectivity index (χ2n) is 2.49. The molecule has 1 rings (SSSR count). The summed E-state index contributed by atoms with van der Waals surface area (Å²) in [5.74, 6) is -0.736. The van der Waals surface area contributed by atoms with Gasteiger partial charge in [0.15, 0.2) is 0 Å². The molecule has 7 heteroatoms. The van der Waals surface area contributed by atoms with Gasteiger partial charge in [-0.25, -0.2) is 18.6 Å². The van der Waals surface area contributed by atoms with Crippen molar-refractivity contribution in [3.8, 4) is 0 Å². The molecule has 0 unspecified atom stereocenters. The van der Waals surface area contributed by atoms with E-state index in [2.05, 4.69) is 25.7 Å². The van der Waals surface area contributed by atoms with Gasteiger partial charge in [0.2, 0.25) is 0 Å². The van der Waals surface area contributed by atoms with Crippen molar-refractivity contribution in [2.24, 2.45) is 0 Å². The molecule has 3 nitrogen and oxygen atoms in total. The Balaban J connectivity index is 3.27. The van der Waals surface area contributed by atoms with Crippen LogP contribution in [0.1, 0.15) is 22.5 Å². The van der Waals surface area contributed by atoms with Crippen LogP contribution < -0.4 is 0 Å². The molecule has 0 radical (unpaired) electrons. The van der Waals surface area contributed by atoms with Gasteiger partial charge in [-0.2, -0.15) is 0 Å². The van der Waals surface area contributed by atoms with Crippen molar-refractivity contribution < 1.29 is 18.3 Å². The maximum atomic E-state index is 12.3. The number of rotatable bonds is 2. The molecule has 0 aromatic carbocycles. The van der Waals surface area contributed by atoms with Gasteiger partial charge in [0.1, 0.15) is 15.9 Å². The molecule has 1 heterocycles. The fraction of sp³-hybridized carbons (Fsp3) is 0.250. The molecule has 0 N–H and O–H groups in total. The zero-order valence-corrected chi connectivity index (χ0v) is 9.77. The number of hydrogen-bond donors (Lipinski definition) is 0. The van der Waals surface area contributed by atoms with Crippen molar-refractivity contribution in [1.82, 2.24) is 4.98 Å². The van der Waals surface area contributed by atoms with E-state index in [0.29, 0.717) is 0 Å². The molecule has 0 saturated heterocycles. The normalized spacial score (nSPS) is 10.5. The van der Waals surface area contributed by atoms with Gasteiger partial charge in [0.05, 0.1) is 12.1 Å². The van der Waals surface area contributed by atoms with Gasteiger partial charge < -0.3 is 4.74 Å². The first-order valence-corrected chi connectivity index (χ1v) is 4.87. The first-order chi connectivity index (χ1) is 6.97. The third-order valence-electron chi connectivity index (χ3n) is 1.56. The molecule has 0 aliphatic carbocycles. The Morgan fingerprint density at radius 3 is 2.67 bits per heavy atom. The predicted molar refractivity (Wildman–Crippen MR) is 53.2 cm³/mol. The maximum absolute atomic E-state index is 12.3. The summed E-state index contributed by atoms with van der Waals surface area (Å²) in [4.78, 5) is 14.7. The van der Waals surface area contributed by atoms with Gasteiger partial charge in [0, 0.05) is 0 Å². The van der Waals surface area contributed by atoms with Crippen LogP contribution in [0, 0.1) is 0 Å². The van der Waals surface area contributed by atoms with Crippen LogP contribution >= 0.6 is 27.5 Å². The standard InChI is InChI=1S/C8H5BrClF2NO2/c1-15-8(14)5-3(10)2-4(7(11)12)13-6(5)9/h2,7H,1H3. The van der Waals surface area contributed by atoms with Crippen molar-refractivity contribution in [2.45, 2.75) is 6.43 Å². The van der Waals surface area contributed by atoms with Crippen LogP contribution in [-0.4, -0.2) is 18.1 Å². The first kappa shape index (κ1) is 12.3. The summed E-state index contributed by atoms with van der Waals surface area (Å²) < 4.78 is 28.9. The first-order valence-electron chi connectivity index (χ1n) is 3.69. The Labute approximate surface area is 97.5 Å².